The second kappa shape index (κ2) is 8.68. The molecule has 4 rings (SSSR count). The van der Waals surface area contributed by atoms with Gasteiger partial charge in [-0.25, -0.2) is 0 Å². The molecule has 2 unspecified atom stereocenters. The highest BCUT2D eigenvalue weighted by Crippen LogP contribution is 2.40. The largest absolute Gasteiger partial charge is 0.459 e. The van der Waals surface area contributed by atoms with Gasteiger partial charge in [0.25, 0.3) is 11.8 Å². The number of hydrogen-bond donors (Lipinski definition) is 3. The van der Waals surface area contributed by atoms with E-state index in [4.69, 9.17) is 10.2 Å². The van der Waals surface area contributed by atoms with Crippen LogP contribution in [0.5, 0.6) is 0 Å². The molecule has 2 aliphatic carbocycles. The summed E-state index contributed by atoms with van der Waals surface area (Å²) in [6.07, 6.45) is 6.96. The lowest BCUT2D eigenvalue weighted by Gasteiger charge is -2.45. The normalized spacial score (nSPS) is 26.2. The summed E-state index contributed by atoms with van der Waals surface area (Å²) in [4.78, 5) is 25.7. The van der Waals surface area contributed by atoms with E-state index in [9.17, 15) is 9.59 Å². The quantitative estimate of drug-likeness (QED) is 0.693. The molecule has 2 aromatic rings. The number of nitrogens with one attached hydrogen (secondary N) is 2. The minimum atomic E-state index is -0.316. The van der Waals surface area contributed by atoms with E-state index >= 15 is 0 Å². The first-order chi connectivity index (χ1) is 13.0. The van der Waals surface area contributed by atoms with Crippen molar-refractivity contribution in [2.75, 3.05) is 5.32 Å². The van der Waals surface area contributed by atoms with Crippen molar-refractivity contribution in [2.45, 2.75) is 51.1 Å². The van der Waals surface area contributed by atoms with Crippen LogP contribution >= 0.6 is 23.7 Å². The first kappa shape index (κ1) is 20.9. The molecule has 2 heterocycles. The van der Waals surface area contributed by atoms with Crippen molar-refractivity contribution in [3.05, 3.63) is 40.7 Å². The summed E-state index contributed by atoms with van der Waals surface area (Å²) >= 11 is 1.30. The van der Waals surface area contributed by atoms with Gasteiger partial charge in [0.15, 0.2) is 5.76 Å². The maximum Gasteiger partial charge on any atom is 0.291 e. The highest BCUT2D eigenvalue weighted by molar-refractivity contribution is 7.18. The number of rotatable bonds is 4. The molecule has 8 heteroatoms. The molecule has 0 aromatic carbocycles. The predicted octanol–water partition coefficient (Wildman–Crippen LogP) is 3.96. The summed E-state index contributed by atoms with van der Waals surface area (Å²) < 4.78 is 5.11. The molecule has 0 aliphatic heterocycles. The van der Waals surface area contributed by atoms with Gasteiger partial charge in [0.2, 0.25) is 0 Å². The zero-order valence-electron chi connectivity index (χ0n) is 15.8. The highest BCUT2D eigenvalue weighted by Gasteiger charge is 2.40. The van der Waals surface area contributed by atoms with Crippen LogP contribution in [0, 0.1) is 18.8 Å². The number of amides is 2. The smallest absolute Gasteiger partial charge is 0.291 e. The molecule has 0 spiro atoms. The fraction of sp³-hybridized carbons (Fsp3) is 0.500. The van der Waals surface area contributed by atoms with E-state index < -0.39 is 0 Å². The van der Waals surface area contributed by atoms with E-state index in [0.717, 1.165) is 31.2 Å². The average molecular weight is 424 g/mol. The predicted molar refractivity (Wildman–Crippen MR) is 112 cm³/mol. The lowest BCUT2D eigenvalue weighted by molar-refractivity contribution is 0.0759. The Morgan fingerprint density at radius 3 is 2.57 bits per heavy atom. The van der Waals surface area contributed by atoms with Crippen LogP contribution in [0.3, 0.4) is 0 Å². The van der Waals surface area contributed by atoms with Gasteiger partial charge < -0.3 is 20.8 Å². The van der Waals surface area contributed by atoms with Crippen molar-refractivity contribution >= 4 is 40.6 Å². The number of carbonyl (C=O) groups is 2. The fourth-order valence-corrected chi connectivity index (χ4v) is 5.56. The highest BCUT2D eigenvalue weighted by atomic mass is 35.5. The van der Waals surface area contributed by atoms with Crippen molar-refractivity contribution in [3.63, 3.8) is 0 Å². The molecular formula is C20H26ClN3O3S. The average Bonchev–Trinajstić information content (AvgIpc) is 3.25. The third-order valence-corrected chi connectivity index (χ3v) is 6.93. The summed E-state index contributed by atoms with van der Waals surface area (Å²) in [6, 6.07) is 5.59. The summed E-state index contributed by atoms with van der Waals surface area (Å²) in [5.41, 5.74) is 7.05. The standard InChI is InChI=1S/C20H25N3O3S.ClH/c1-11-8-16(22-19(24)15-6-3-7-26-15)27-18(11)20(25)23-17-12-4-2-5-13(17)10-14(21)9-12;/h3,6-8,12-14,17H,2,4-5,9-10,21H2,1H3,(H,22,24)(H,23,25);1H. The van der Waals surface area contributed by atoms with Gasteiger partial charge >= 0.3 is 0 Å². The van der Waals surface area contributed by atoms with Gasteiger partial charge in [0, 0.05) is 12.1 Å². The van der Waals surface area contributed by atoms with E-state index in [2.05, 4.69) is 10.6 Å². The van der Waals surface area contributed by atoms with Crippen molar-refractivity contribution in [1.29, 1.82) is 0 Å². The number of fused-ring (bicyclic) bond motifs is 2. The Balaban J connectivity index is 0.00000225. The zero-order valence-corrected chi connectivity index (χ0v) is 17.4. The van der Waals surface area contributed by atoms with Gasteiger partial charge in [-0.3, -0.25) is 9.59 Å². The second-order valence-electron chi connectivity index (χ2n) is 7.74. The van der Waals surface area contributed by atoms with Crippen LogP contribution < -0.4 is 16.4 Å². The van der Waals surface area contributed by atoms with Crippen LogP contribution in [0.4, 0.5) is 5.00 Å². The molecule has 2 bridgehead atoms. The summed E-state index contributed by atoms with van der Waals surface area (Å²) in [7, 11) is 0. The summed E-state index contributed by atoms with van der Waals surface area (Å²) in [6.45, 7) is 1.89. The monoisotopic (exact) mass is 423 g/mol. The van der Waals surface area contributed by atoms with Gasteiger partial charge in [0.05, 0.1) is 16.1 Å². The maximum absolute atomic E-state index is 12.9. The molecule has 0 saturated heterocycles. The van der Waals surface area contributed by atoms with Crippen LogP contribution in [0.15, 0.2) is 28.9 Å². The number of furan rings is 1. The summed E-state index contributed by atoms with van der Waals surface area (Å²) in [5, 5.41) is 6.72. The Bertz CT molecular complexity index is 822. The van der Waals surface area contributed by atoms with Gasteiger partial charge in [0.1, 0.15) is 0 Å². The number of thiophene rings is 1. The second-order valence-corrected chi connectivity index (χ2v) is 8.79. The number of halogens is 1. The van der Waals surface area contributed by atoms with Crippen LogP contribution in [0.1, 0.15) is 57.9 Å². The van der Waals surface area contributed by atoms with E-state index in [-0.39, 0.29) is 42.1 Å². The number of aryl methyl sites for hydroxylation is 1. The molecule has 2 aliphatic rings. The molecule has 0 radical (unpaired) electrons. The van der Waals surface area contributed by atoms with Gasteiger partial charge in [-0.15, -0.1) is 23.7 Å². The number of nitrogens with two attached hydrogens (primary N) is 1. The topological polar surface area (TPSA) is 97.4 Å². The number of hydrogen-bond acceptors (Lipinski definition) is 5. The SMILES string of the molecule is Cc1cc(NC(=O)c2ccco2)sc1C(=O)NC1C2CCCC1CC(N)C2.Cl. The molecular weight excluding hydrogens is 398 g/mol. The molecule has 2 saturated carbocycles. The van der Waals surface area contributed by atoms with Gasteiger partial charge in [-0.2, -0.15) is 0 Å². The summed E-state index contributed by atoms with van der Waals surface area (Å²) in [5.74, 6) is 0.848. The molecule has 28 heavy (non-hydrogen) atoms. The first-order valence-electron chi connectivity index (χ1n) is 9.53. The molecule has 2 atom stereocenters. The Labute approximate surface area is 174 Å². The van der Waals surface area contributed by atoms with E-state index in [1.165, 1.54) is 24.0 Å². The Morgan fingerprint density at radius 1 is 1.21 bits per heavy atom. The maximum atomic E-state index is 12.9. The Morgan fingerprint density at radius 2 is 1.93 bits per heavy atom. The lowest BCUT2D eigenvalue weighted by atomic mass is 9.67. The third-order valence-electron chi connectivity index (χ3n) is 5.78. The minimum Gasteiger partial charge on any atom is -0.459 e. The molecule has 152 valence electrons. The fourth-order valence-electron chi connectivity index (χ4n) is 4.59. The third kappa shape index (κ3) is 4.26. The van der Waals surface area contributed by atoms with Crippen LogP contribution in [-0.4, -0.2) is 23.9 Å². The minimum absolute atomic E-state index is 0. The van der Waals surface area contributed by atoms with Gasteiger partial charge in [-0.05, 0) is 68.2 Å². The molecule has 6 nitrogen and oxygen atoms in total. The molecule has 2 amide bonds. The molecule has 2 aromatic heterocycles. The number of carbonyl (C=O) groups excluding carboxylic acids is 2. The van der Waals surface area contributed by atoms with Crippen molar-refractivity contribution < 1.29 is 14.0 Å². The Hall–Kier alpha value is -1.83. The zero-order chi connectivity index (χ0) is 19.0. The van der Waals surface area contributed by atoms with Crippen molar-refractivity contribution in [3.8, 4) is 0 Å². The van der Waals surface area contributed by atoms with Crippen LogP contribution in [0.25, 0.3) is 0 Å². The van der Waals surface area contributed by atoms with Crippen molar-refractivity contribution in [1.82, 2.24) is 5.32 Å². The van der Waals surface area contributed by atoms with Crippen LogP contribution in [-0.2, 0) is 0 Å². The van der Waals surface area contributed by atoms with Crippen molar-refractivity contribution in [2.24, 2.45) is 17.6 Å². The van der Waals surface area contributed by atoms with E-state index in [1.54, 1.807) is 12.1 Å². The van der Waals surface area contributed by atoms with E-state index in [0.29, 0.717) is 21.7 Å². The lowest BCUT2D eigenvalue weighted by Crippen LogP contribution is -2.53. The molecule has 2 fully saturated rings. The molecule has 4 N–H and O–H groups in total. The first-order valence-corrected chi connectivity index (χ1v) is 10.3. The Kier molecular flexibility index (Phi) is 6.47. The number of anilines is 1. The van der Waals surface area contributed by atoms with Crippen LogP contribution in [0.2, 0.25) is 0 Å². The van der Waals surface area contributed by atoms with E-state index in [1.807, 2.05) is 13.0 Å². The van der Waals surface area contributed by atoms with Gasteiger partial charge in [-0.1, -0.05) is 6.42 Å².